The molecular weight excluding hydrogens is 150 g/mol. The highest BCUT2D eigenvalue weighted by atomic mass is 16.1. The molecule has 61 valence electrons. The Morgan fingerprint density at radius 3 is 3.08 bits per heavy atom. The summed E-state index contributed by atoms with van der Waals surface area (Å²) >= 11 is 0. The molecule has 2 nitrogen and oxygen atoms in total. The number of nitrogens with one attached hydrogen (secondary N) is 1. The highest BCUT2D eigenvalue weighted by molar-refractivity contribution is 5.91. The number of hydrogen-bond acceptors (Lipinski definition) is 1. The molecule has 1 amide bonds. The summed E-state index contributed by atoms with van der Waals surface area (Å²) < 4.78 is 0. The van der Waals surface area contributed by atoms with E-state index in [0.717, 1.165) is 5.56 Å². The quantitative estimate of drug-likeness (QED) is 0.648. The minimum atomic E-state index is -0.0983. The van der Waals surface area contributed by atoms with Gasteiger partial charge in [0.25, 0.3) is 0 Å². The van der Waals surface area contributed by atoms with Crippen molar-refractivity contribution in [2.45, 2.75) is 0 Å². The monoisotopic (exact) mass is 160 g/mol. The first kappa shape index (κ1) is 8.53. The fourth-order valence-corrected chi connectivity index (χ4v) is 0.766. The van der Waals surface area contributed by atoms with Crippen molar-refractivity contribution in [1.29, 1.82) is 0 Å². The van der Waals surface area contributed by atoms with Gasteiger partial charge in [-0.25, -0.2) is 0 Å². The zero-order valence-electron chi connectivity index (χ0n) is 6.87. The summed E-state index contributed by atoms with van der Waals surface area (Å²) in [4.78, 5) is 10.8. The first-order valence-corrected chi connectivity index (χ1v) is 3.69. The van der Waals surface area contributed by atoms with Crippen LogP contribution in [0.15, 0.2) is 30.3 Å². The van der Waals surface area contributed by atoms with Crippen molar-refractivity contribution < 1.29 is 4.79 Å². The predicted octanol–water partition coefficient (Wildman–Crippen LogP) is 1.25. The number of carbonyl (C=O) groups excluding carboxylic acids is 1. The van der Waals surface area contributed by atoms with E-state index in [0.29, 0.717) is 0 Å². The van der Waals surface area contributed by atoms with Crippen LogP contribution < -0.4 is 5.32 Å². The molecule has 0 heterocycles. The van der Waals surface area contributed by atoms with Gasteiger partial charge in [-0.05, 0) is 23.8 Å². The Kier molecular flexibility index (Phi) is 3.08. The normalized spacial score (nSPS) is 10.1. The van der Waals surface area contributed by atoms with E-state index < -0.39 is 0 Å². The van der Waals surface area contributed by atoms with Gasteiger partial charge in [0.15, 0.2) is 0 Å². The molecule has 1 aromatic carbocycles. The Balaban J connectivity index is 2.64. The molecule has 0 bridgehead atoms. The van der Waals surface area contributed by atoms with Gasteiger partial charge in [-0.3, -0.25) is 4.79 Å². The van der Waals surface area contributed by atoms with Crippen molar-refractivity contribution in [3.63, 3.8) is 0 Å². The smallest absolute Gasteiger partial charge is 0.243 e. The molecule has 1 N–H and O–H groups in total. The van der Waals surface area contributed by atoms with Crippen LogP contribution in [-0.4, -0.2) is 13.0 Å². The molecule has 0 atom stereocenters. The van der Waals surface area contributed by atoms with Crippen molar-refractivity contribution in [1.82, 2.24) is 5.32 Å². The summed E-state index contributed by atoms with van der Waals surface area (Å²) in [6.07, 6.45) is 3.23. The summed E-state index contributed by atoms with van der Waals surface area (Å²) in [5.41, 5.74) is 0.973. The molecule has 12 heavy (non-hydrogen) atoms. The van der Waals surface area contributed by atoms with Crippen LogP contribution in [0.1, 0.15) is 5.56 Å². The lowest BCUT2D eigenvalue weighted by Crippen LogP contribution is -2.13. The number of amides is 1. The second-order valence-electron chi connectivity index (χ2n) is 2.28. The zero-order valence-corrected chi connectivity index (χ0v) is 6.87. The van der Waals surface area contributed by atoms with Gasteiger partial charge in [0.2, 0.25) is 5.91 Å². The van der Waals surface area contributed by atoms with E-state index in [-0.39, 0.29) is 5.91 Å². The fraction of sp³-hybridized carbons (Fsp3) is 0.100. The third-order valence-corrected chi connectivity index (χ3v) is 1.40. The van der Waals surface area contributed by atoms with Crippen LogP contribution in [0.4, 0.5) is 0 Å². The van der Waals surface area contributed by atoms with E-state index in [4.69, 9.17) is 0 Å². The van der Waals surface area contributed by atoms with Gasteiger partial charge in [-0.1, -0.05) is 18.2 Å². The van der Waals surface area contributed by atoms with Gasteiger partial charge in [0, 0.05) is 13.1 Å². The molecule has 0 saturated heterocycles. The minimum Gasteiger partial charge on any atom is -0.356 e. The Labute approximate surface area is 71.9 Å². The molecule has 0 fully saturated rings. The number of hydrogen-bond donors (Lipinski definition) is 1. The lowest BCUT2D eigenvalue weighted by atomic mass is 10.2. The maximum absolute atomic E-state index is 10.8. The lowest BCUT2D eigenvalue weighted by Gasteiger charge is -1.90. The molecule has 0 spiro atoms. The van der Waals surface area contributed by atoms with Gasteiger partial charge in [0.05, 0.1) is 0 Å². The molecule has 0 aliphatic rings. The van der Waals surface area contributed by atoms with Gasteiger partial charge in [-0.2, -0.15) is 0 Å². The number of carbonyl (C=O) groups is 1. The molecule has 2 heteroatoms. The summed E-state index contributed by atoms with van der Waals surface area (Å²) in [5, 5.41) is 2.50. The molecule has 0 saturated carbocycles. The summed E-state index contributed by atoms with van der Waals surface area (Å²) in [7, 11) is 1.60. The SMILES string of the molecule is CNC(=O)/C=C/c1c[c]ccc1. The molecular formula is C10H10NO. The van der Waals surface area contributed by atoms with Crippen LogP contribution in [0.5, 0.6) is 0 Å². The average Bonchev–Trinajstić information content (AvgIpc) is 2.16. The molecule has 1 aromatic rings. The van der Waals surface area contributed by atoms with Gasteiger partial charge in [-0.15, -0.1) is 0 Å². The predicted molar refractivity (Wildman–Crippen MR) is 48.4 cm³/mol. The second kappa shape index (κ2) is 4.34. The van der Waals surface area contributed by atoms with Crippen LogP contribution in [0.3, 0.4) is 0 Å². The zero-order chi connectivity index (χ0) is 8.81. The molecule has 1 rings (SSSR count). The number of likely N-dealkylation sites (N-methyl/N-ethyl adjacent to an activating group) is 1. The first-order chi connectivity index (χ1) is 5.83. The number of benzene rings is 1. The van der Waals surface area contributed by atoms with Crippen molar-refractivity contribution in [3.05, 3.63) is 42.0 Å². The van der Waals surface area contributed by atoms with Crippen LogP contribution in [0.2, 0.25) is 0 Å². The van der Waals surface area contributed by atoms with Crippen molar-refractivity contribution in [2.24, 2.45) is 0 Å². The van der Waals surface area contributed by atoms with E-state index in [1.807, 2.05) is 24.3 Å². The van der Waals surface area contributed by atoms with Crippen molar-refractivity contribution in [3.8, 4) is 0 Å². The molecule has 1 radical (unpaired) electrons. The van der Waals surface area contributed by atoms with Crippen molar-refractivity contribution in [2.75, 3.05) is 7.05 Å². The number of rotatable bonds is 2. The summed E-state index contributed by atoms with van der Waals surface area (Å²) in [6, 6.07) is 10.3. The van der Waals surface area contributed by atoms with Gasteiger partial charge >= 0.3 is 0 Å². The van der Waals surface area contributed by atoms with Gasteiger partial charge in [0.1, 0.15) is 0 Å². The highest BCUT2D eigenvalue weighted by Gasteiger charge is 1.87. The third-order valence-electron chi connectivity index (χ3n) is 1.40. The molecule has 0 unspecified atom stereocenters. The largest absolute Gasteiger partial charge is 0.356 e. The first-order valence-electron chi connectivity index (χ1n) is 3.69. The van der Waals surface area contributed by atoms with E-state index in [1.54, 1.807) is 13.1 Å². The summed E-state index contributed by atoms with van der Waals surface area (Å²) in [6.45, 7) is 0. The van der Waals surface area contributed by atoms with E-state index in [2.05, 4.69) is 11.4 Å². The maximum Gasteiger partial charge on any atom is 0.243 e. The molecule has 0 aliphatic carbocycles. The Hall–Kier alpha value is -1.57. The highest BCUT2D eigenvalue weighted by Crippen LogP contribution is 1.99. The van der Waals surface area contributed by atoms with Crippen LogP contribution >= 0.6 is 0 Å². The third kappa shape index (κ3) is 2.58. The average molecular weight is 160 g/mol. The van der Waals surface area contributed by atoms with Crippen LogP contribution in [-0.2, 0) is 4.79 Å². The lowest BCUT2D eigenvalue weighted by molar-refractivity contribution is -0.115. The molecule has 0 aliphatic heterocycles. The Bertz CT molecular complexity index is 277. The van der Waals surface area contributed by atoms with E-state index >= 15 is 0 Å². The fourth-order valence-electron chi connectivity index (χ4n) is 0.766. The van der Waals surface area contributed by atoms with Crippen LogP contribution in [0.25, 0.3) is 6.08 Å². The van der Waals surface area contributed by atoms with E-state index in [1.165, 1.54) is 6.08 Å². The molecule has 0 aromatic heterocycles. The second-order valence-corrected chi connectivity index (χ2v) is 2.28. The van der Waals surface area contributed by atoms with Crippen LogP contribution in [0, 0.1) is 6.07 Å². The summed E-state index contributed by atoms with van der Waals surface area (Å²) in [5.74, 6) is -0.0983. The maximum atomic E-state index is 10.8. The van der Waals surface area contributed by atoms with Crippen molar-refractivity contribution >= 4 is 12.0 Å². The standard InChI is InChI=1S/C10H10NO/c1-11-10(12)8-7-9-5-3-2-4-6-9/h2-3,5-8H,1H3,(H,11,12)/b8-7+. The minimum absolute atomic E-state index is 0.0983. The topological polar surface area (TPSA) is 29.1 Å². The Morgan fingerprint density at radius 1 is 1.67 bits per heavy atom. The van der Waals surface area contributed by atoms with E-state index in [9.17, 15) is 4.79 Å². The Morgan fingerprint density at radius 2 is 2.50 bits per heavy atom. The van der Waals surface area contributed by atoms with Gasteiger partial charge < -0.3 is 5.32 Å².